The Hall–Kier alpha value is -2.06. The van der Waals surface area contributed by atoms with Crippen LogP contribution in [0.3, 0.4) is 0 Å². The summed E-state index contributed by atoms with van der Waals surface area (Å²) in [5.41, 5.74) is 0.426. The molecule has 0 saturated heterocycles. The minimum atomic E-state index is -1.07. The van der Waals surface area contributed by atoms with Crippen LogP contribution in [0.1, 0.15) is 17.3 Å². The summed E-state index contributed by atoms with van der Waals surface area (Å²) >= 11 is 4.85. The third-order valence-electron chi connectivity index (χ3n) is 2.07. The summed E-state index contributed by atoms with van der Waals surface area (Å²) in [6.45, 7) is 1.26. The van der Waals surface area contributed by atoms with Crippen molar-refractivity contribution in [2.45, 2.75) is 6.92 Å². The summed E-state index contributed by atoms with van der Waals surface area (Å²) in [6.07, 6.45) is 0. The molecule has 0 fully saturated rings. The van der Waals surface area contributed by atoms with E-state index in [4.69, 9.17) is 17.5 Å². The molecule has 0 aliphatic rings. The van der Waals surface area contributed by atoms with Gasteiger partial charge in [-0.1, -0.05) is 30.4 Å². The molecule has 0 aliphatic carbocycles. The molecule has 1 amide bonds. The van der Waals surface area contributed by atoms with Gasteiger partial charge in [0.05, 0.1) is 6.07 Å². The standard InChI is InChI=1S/C12H10N2O2S/c1-8(15)10(7-13)12(17)14-11(16)9-5-3-2-4-6-9/h2-6,10H,1H3,(H,14,16,17)/t10-/m1/s1. The average molecular weight is 246 g/mol. The summed E-state index contributed by atoms with van der Waals surface area (Å²) in [7, 11) is 0. The highest BCUT2D eigenvalue weighted by molar-refractivity contribution is 7.80. The highest BCUT2D eigenvalue weighted by Gasteiger charge is 2.20. The quantitative estimate of drug-likeness (QED) is 0.820. The molecule has 0 saturated carbocycles. The zero-order valence-corrected chi connectivity index (χ0v) is 9.95. The number of nitrogens with one attached hydrogen (secondary N) is 1. The molecule has 4 nitrogen and oxygen atoms in total. The Morgan fingerprint density at radius 3 is 2.41 bits per heavy atom. The zero-order valence-electron chi connectivity index (χ0n) is 9.14. The molecule has 1 aromatic carbocycles. The summed E-state index contributed by atoms with van der Waals surface area (Å²) in [4.78, 5) is 22.7. The van der Waals surface area contributed by atoms with Crippen LogP contribution in [0.25, 0.3) is 0 Å². The minimum Gasteiger partial charge on any atom is -0.315 e. The lowest BCUT2D eigenvalue weighted by molar-refractivity contribution is -0.117. The topological polar surface area (TPSA) is 70.0 Å². The number of nitrogens with zero attached hydrogens (tertiary/aromatic N) is 1. The number of nitriles is 1. The molecular weight excluding hydrogens is 236 g/mol. The van der Waals surface area contributed by atoms with Crippen molar-refractivity contribution in [2.24, 2.45) is 5.92 Å². The lowest BCUT2D eigenvalue weighted by atomic mass is 10.1. The van der Waals surface area contributed by atoms with Crippen LogP contribution in [-0.4, -0.2) is 16.7 Å². The molecule has 0 unspecified atom stereocenters. The van der Waals surface area contributed by atoms with Crippen LogP contribution < -0.4 is 5.32 Å². The fourth-order valence-corrected chi connectivity index (χ4v) is 1.49. The van der Waals surface area contributed by atoms with Gasteiger partial charge >= 0.3 is 0 Å². The Balaban J connectivity index is 2.74. The van der Waals surface area contributed by atoms with Crippen LogP contribution in [0.4, 0.5) is 0 Å². The highest BCUT2D eigenvalue weighted by atomic mass is 32.1. The van der Waals surface area contributed by atoms with E-state index in [2.05, 4.69) is 5.32 Å². The maximum absolute atomic E-state index is 11.7. The van der Waals surface area contributed by atoms with E-state index in [1.807, 2.05) is 0 Å². The number of benzene rings is 1. The summed E-state index contributed by atoms with van der Waals surface area (Å²) in [5.74, 6) is -1.87. The van der Waals surface area contributed by atoms with Crippen LogP contribution in [0.15, 0.2) is 30.3 Å². The van der Waals surface area contributed by atoms with Crippen molar-refractivity contribution in [3.8, 4) is 6.07 Å². The monoisotopic (exact) mass is 246 g/mol. The number of ketones is 1. The van der Waals surface area contributed by atoms with E-state index in [1.54, 1.807) is 36.4 Å². The first kappa shape index (κ1) is 13.0. The molecule has 1 rings (SSSR count). The largest absolute Gasteiger partial charge is 0.315 e. The minimum absolute atomic E-state index is 0.0612. The van der Waals surface area contributed by atoms with Gasteiger partial charge in [-0.05, 0) is 19.1 Å². The molecule has 0 aromatic heterocycles. The molecule has 17 heavy (non-hydrogen) atoms. The molecule has 0 heterocycles. The zero-order chi connectivity index (χ0) is 12.8. The number of thiocarbonyl (C=S) groups is 1. The number of hydrogen-bond acceptors (Lipinski definition) is 4. The lowest BCUT2D eigenvalue weighted by Gasteiger charge is -2.09. The molecule has 0 bridgehead atoms. The van der Waals surface area contributed by atoms with E-state index in [9.17, 15) is 9.59 Å². The van der Waals surface area contributed by atoms with Crippen LogP contribution in [-0.2, 0) is 4.79 Å². The Morgan fingerprint density at radius 2 is 1.94 bits per heavy atom. The third-order valence-corrected chi connectivity index (χ3v) is 2.41. The Kier molecular flexibility index (Phi) is 4.49. The van der Waals surface area contributed by atoms with Crippen molar-refractivity contribution in [3.63, 3.8) is 0 Å². The molecule has 0 radical (unpaired) electrons. The maximum Gasteiger partial charge on any atom is 0.256 e. The first-order chi connectivity index (χ1) is 8.06. The number of carbonyl (C=O) groups excluding carboxylic acids is 2. The molecule has 0 aliphatic heterocycles. The van der Waals surface area contributed by atoms with E-state index in [0.717, 1.165) is 0 Å². The van der Waals surface area contributed by atoms with E-state index in [0.29, 0.717) is 5.56 Å². The number of Topliss-reactive ketones (excluding diaryl/α,β-unsaturated/α-hetero) is 1. The predicted molar refractivity (Wildman–Crippen MR) is 66.3 cm³/mol. The highest BCUT2D eigenvalue weighted by Crippen LogP contribution is 2.02. The third kappa shape index (κ3) is 3.47. The Morgan fingerprint density at radius 1 is 1.35 bits per heavy atom. The van der Waals surface area contributed by atoms with Gasteiger partial charge < -0.3 is 5.32 Å². The lowest BCUT2D eigenvalue weighted by Crippen LogP contribution is -2.36. The van der Waals surface area contributed by atoms with E-state index < -0.39 is 11.8 Å². The van der Waals surface area contributed by atoms with E-state index >= 15 is 0 Å². The predicted octanol–water partition coefficient (Wildman–Crippen LogP) is 1.47. The van der Waals surface area contributed by atoms with Gasteiger partial charge in [-0.2, -0.15) is 5.26 Å². The fourth-order valence-electron chi connectivity index (χ4n) is 1.18. The van der Waals surface area contributed by atoms with Crippen molar-refractivity contribution in [2.75, 3.05) is 0 Å². The van der Waals surface area contributed by atoms with Gasteiger partial charge in [-0.3, -0.25) is 9.59 Å². The molecule has 86 valence electrons. The SMILES string of the molecule is CC(=O)[C@@H](C#N)C(=S)NC(=O)c1ccccc1. The van der Waals surface area contributed by atoms with Crippen LogP contribution >= 0.6 is 12.2 Å². The van der Waals surface area contributed by atoms with Gasteiger partial charge in [-0.15, -0.1) is 0 Å². The average Bonchev–Trinajstić information content (AvgIpc) is 2.30. The van der Waals surface area contributed by atoms with Gasteiger partial charge in [-0.25, -0.2) is 0 Å². The number of carbonyl (C=O) groups is 2. The van der Waals surface area contributed by atoms with Gasteiger partial charge in [0, 0.05) is 5.56 Å². The first-order valence-electron chi connectivity index (χ1n) is 4.86. The van der Waals surface area contributed by atoms with Gasteiger partial charge in [0.2, 0.25) is 0 Å². The van der Waals surface area contributed by atoms with Crippen LogP contribution in [0.2, 0.25) is 0 Å². The van der Waals surface area contributed by atoms with Crippen molar-refractivity contribution in [3.05, 3.63) is 35.9 Å². The number of rotatable bonds is 3. The normalized spacial score (nSPS) is 11.1. The second kappa shape index (κ2) is 5.87. The summed E-state index contributed by atoms with van der Waals surface area (Å²) in [6, 6.07) is 10.2. The van der Waals surface area contributed by atoms with Gasteiger partial charge in [0.1, 0.15) is 4.99 Å². The molecule has 1 aromatic rings. The second-order valence-corrected chi connectivity index (χ2v) is 3.80. The number of hydrogen-bond donors (Lipinski definition) is 1. The van der Waals surface area contributed by atoms with Crippen LogP contribution in [0.5, 0.6) is 0 Å². The first-order valence-corrected chi connectivity index (χ1v) is 5.27. The van der Waals surface area contributed by atoms with E-state index in [-0.39, 0.29) is 10.8 Å². The fraction of sp³-hybridized carbons (Fsp3) is 0.167. The molecule has 1 N–H and O–H groups in total. The molecule has 5 heteroatoms. The maximum atomic E-state index is 11.7. The van der Waals surface area contributed by atoms with Gasteiger partial charge in [0.25, 0.3) is 5.91 Å². The second-order valence-electron chi connectivity index (χ2n) is 3.36. The Bertz CT molecular complexity index is 491. The summed E-state index contributed by atoms with van der Waals surface area (Å²) < 4.78 is 0. The van der Waals surface area contributed by atoms with Gasteiger partial charge in [0.15, 0.2) is 11.7 Å². The van der Waals surface area contributed by atoms with Crippen LogP contribution in [0, 0.1) is 17.2 Å². The van der Waals surface area contributed by atoms with E-state index in [1.165, 1.54) is 6.92 Å². The smallest absolute Gasteiger partial charge is 0.256 e. The Labute approximate surface area is 104 Å². The molecule has 1 atom stereocenters. The van der Waals surface area contributed by atoms with Crippen molar-refractivity contribution in [1.82, 2.24) is 5.32 Å². The van der Waals surface area contributed by atoms with Crippen molar-refractivity contribution < 1.29 is 9.59 Å². The van der Waals surface area contributed by atoms with Crippen molar-refractivity contribution >= 4 is 28.9 Å². The molecular formula is C12H10N2O2S. The molecule has 0 spiro atoms. The number of amides is 1. The summed E-state index contributed by atoms with van der Waals surface area (Å²) in [5, 5.41) is 11.1. The van der Waals surface area contributed by atoms with Crippen molar-refractivity contribution in [1.29, 1.82) is 5.26 Å².